The first-order chi connectivity index (χ1) is 13.0. The third-order valence-electron chi connectivity index (χ3n) is 4.79. The third-order valence-corrected chi connectivity index (χ3v) is 4.79. The number of hydrogen-bond acceptors (Lipinski definition) is 6. The molecule has 0 aliphatic carbocycles. The quantitative estimate of drug-likeness (QED) is 0.739. The largest absolute Gasteiger partial charge is 0.385 e. The van der Waals surface area contributed by atoms with Gasteiger partial charge in [-0.25, -0.2) is 4.79 Å². The molecule has 0 bridgehead atoms. The Morgan fingerprint density at radius 2 is 2.11 bits per heavy atom. The monoisotopic (exact) mass is 373 g/mol. The number of amides is 4. The number of nitrogens with zero attached hydrogens (tertiary/aromatic N) is 4. The van der Waals surface area contributed by atoms with Crippen molar-refractivity contribution < 1.29 is 19.1 Å². The molecule has 0 saturated carbocycles. The summed E-state index contributed by atoms with van der Waals surface area (Å²) in [6.45, 7) is 0.993. The van der Waals surface area contributed by atoms with Crippen molar-refractivity contribution >= 4 is 23.5 Å². The highest BCUT2D eigenvalue weighted by Gasteiger charge is 2.50. The topological polar surface area (TPSA) is 95.1 Å². The van der Waals surface area contributed by atoms with Gasteiger partial charge in [-0.15, -0.1) is 0 Å². The van der Waals surface area contributed by atoms with Crippen molar-refractivity contribution in [3.05, 3.63) is 36.3 Å². The van der Waals surface area contributed by atoms with Crippen LogP contribution in [0.1, 0.15) is 6.42 Å². The number of imide groups is 1. The van der Waals surface area contributed by atoms with Gasteiger partial charge < -0.3 is 19.9 Å². The summed E-state index contributed by atoms with van der Waals surface area (Å²) < 4.78 is 5.10. The van der Waals surface area contributed by atoms with Gasteiger partial charge in [-0.3, -0.25) is 19.5 Å². The number of ether oxygens (including phenoxy) is 1. The predicted octanol–water partition coefficient (Wildman–Crippen LogP) is 0.722. The van der Waals surface area contributed by atoms with Crippen LogP contribution < -0.4 is 5.32 Å². The molecule has 4 amide bonds. The lowest BCUT2D eigenvalue weighted by Gasteiger charge is -2.43. The smallest absolute Gasteiger partial charge is 0.327 e. The minimum absolute atomic E-state index is 0.316. The number of carbonyl (C=O) groups is 3. The number of fused-ring (bicyclic) bond motifs is 1. The second kappa shape index (κ2) is 7.75. The molecule has 2 unspecified atom stereocenters. The molecule has 0 radical (unpaired) electrons. The number of rotatable bonds is 6. The lowest BCUT2D eigenvalue weighted by atomic mass is 10.0. The van der Waals surface area contributed by atoms with E-state index in [1.807, 2.05) is 0 Å². The van der Waals surface area contributed by atoms with Crippen LogP contribution in [0.3, 0.4) is 0 Å². The van der Waals surface area contributed by atoms with Crippen molar-refractivity contribution in [2.45, 2.75) is 12.6 Å². The summed E-state index contributed by atoms with van der Waals surface area (Å²) in [5.41, 5.74) is 0.927. The Morgan fingerprint density at radius 3 is 2.78 bits per heavy atom. The summed E-state index contributed by atoms with van der Waals surface area (Å²) in [6.07, 6.45) is 4.94. The van der Waals surface area contributed by atoms with Gasteiger partial charge in [-0.2, -0.15) is 0 Å². The molecule has 0 aromatic carbocycles. The molecule has 2 aliphatic rings. The fourth-order valence-electron chi connectivity index (χ4n) is 3.47. The lowest BCUT2D eigenvalue weighted by Crippen LogP contribution is -2.62. The molecular weight excluding hydrogens is 350 g/mol. The van der Waals surface area contributed by atoms with Gasteiger partial charge >= 0.3 is 6.03 Å². The first-order valence-corrected chi connectivity index (χ1v) is 8.69. The van der Waals surface area contributed by atoms with Crippen molar-refractivity contribution in [3.63, 3.8) is 0 Å². The summed E-state index contributed by atoms with van der Waals surface area (Å²) in [6, 6.07) is 3.07. The maximum absolute atomic E-state index is 12.9. The second-order valence-corrected chi connectivity index (χ2v) is 6.52. The molecule has 1 aromatic heterocycles. The Kier molecular flexibility index (Phi) is 5.41. The number of aromatic nitrogens is 1. The van der Waals surface area contributed by atoms with Gasteiger partial charge in [0.15, 0.2) is 0 Å². The predicted molar refractivity (Wildman–Crippen MR) is 97.4 cm³/mol. The van der Waals surface area contributed by atoms with Gasteiger partial charge in [0.25, 0.3) is 5.91 Å². The minimum Gasteiger partial charge on any atom is -0.385 e. The zero-order valence-electron chi connectivity index (χ0n) is 15.6. The molecule has 2 atom stereocenters. The summed E-state index contributed by atoms with van der Waals surface area (Å²) in [5, 5.41) is 2.80. The fraction of sp³-hybridized carbons (Fsp3) is 0.444. The number of nitrogens with one attached hydrogen (secondary N) is 1. The Labute approximate surface area is 157 Å². The summed E-state index contributed by atoms with van der Waals surface area (Å²) in [7, 11) is 4.70. The maximum Gasteiger partial charge on any atom is 0.327 e. The van der Waals surface area contributed by atoms with Crippen molar-refractivity contribution in [3.8, 4) is 0 Å². The lowest BCUT2D eigenvalue weighted by molar-refractivity contribution is -0.137. The van der Waals surface area contributed by atoms with Gasteiger partial charge in [0.1, 0.15) is 11.9 Å². The van der Waals surface area contributed by atoms with Crippen LogP contribution in [0.4, 0.5) is 10.5 Å². The molecule has 3 heterocycles. The van der Waals surface area contributed by atoms with E-state index >= 15 is 0 Å². The minimum atomic E-state index is -0.588. The molecule has 1 N–H and O–H groups in total. The van der Waals surface area contributed by atoms with E-state index in [1.54, 1.807) is 49.7 Å². The molecule has 9 heteroatoms. The van der Waals surface area contributed by atoms with Crippen LogP contribution in [-0.2, 0) is 14.3 Å². The van der Waals surface area contributed by atoms with Crippen LogP contribution in [0.25, 0.3) is 0 Å². The number of hydrogen-bond donors (Lipinski definition) is 1. The number of anilines is 1. The molecule has 27 heavy (non-hydrogen) atoms. The number of urea groups is 1. The highest BCUT2D eigenvalue weighted by Crippen LogP contribution is 2.34. The average molecular weight is 373 g/mol. The Balaban J connectivity index is 1.88. The first kappa shape index (κ1) is 18.8. The molecular formula is C18H23N5O4. The van der Waals surface area contributed by atoms with Gasteiger partial charge in [-0.1, -0.05) is 0 Å². The summed E-state index contributed by atoms with van der Waals surface area (Å²) in [5.74, 6) is -1.25. The van der Waals surface area contributed by atoms with Crippen molar-refractivity contribution in [1.82, 2.24) is 19.7 Å². The highest BCUT2D eigenvalue weighted by molar-refractivity contribution is 6.06. The zero-order chi connectivity index (χ0) is 19.6. The average Bonchev–Trinajstić information content (AvgIpc) is 3.05. The summed E-state index contributed by atoms with van der Waals surface area (Å²) >= 11 is 0. The number of pyridine rings is 1. The zero-order valence-corrected chi connectivity index (χ0v) is 15.6. The molecule has 1 saturated heterocycles. The first-order valence-electron chi connectivity index (χ1n) is 8.69. The van der Waals surface area contributed by atoms with E-state index in [4.69, 9.17) is 4.74 Å². The molecule has 144 valence electrons. The van der Waals surface area contributed by atoms with Gasteiger partial charge in [-0.05, 0) is 24.6 Å². The van der Waals surface area contributed by atoms with Gasteiger partial charge in [0, 0.05) is 40.6 Å². The molecule has 1 aromatic rings. The van der Waals surface area contributed by atoms with E-state index in [1.165, 1.54) is 11.9 Å². The van der Waals surface area contributed by atoms with E-state index in [2.05, 4.69) is 10.3 Å². The van der Waals surface area contributed by atoms with Crippen molar-refractivity contribution in [1.29, 1.82) is 0 Å². The number of carbonyl (C=O) groups excluding carboxylic acids is 3. The normalized spacial score (nSPS) is 22.0. The van der Waals surface area contributed by atoms with Gasteiger partial charge in [0.05, 0.1) is 17.8 Å². The van der Waals surface area contributed by atoms with Gasteiger partial charge in [0.2, 0.25) is 5.91 Å². The third kappa shape index (κ3) is 3.50. The van der Waals surface area contributed by atoms with E-state index in [0.29, 0.717) is 31.0 Å². The van der Waals surface area contributed by atoms with Crippen LogP contribution in [0.5, 0.6) is 0 Å². The van der Waals surface area contributed by atoms with Crippen LogP contribution in [0.2, 0.25) is 0 Å². The standard InChI is InChI=1S/C18H23N5O4/c1-21-16-13(17(25)22(2)18(21)26)10-14(23(16)8-5-9-27-3)15(24)20-12-6-4-7-19-11-12/h4,6-7,10-11,13,16H,5,8-9H2,1-3H3,(H,20,24). The van der Waals surface area contributed by atoms with Crippen LogP contribution >= 0.6 is 0 Å². The fourth-order valence-corrected chi connectivity index (χ4v) is 3.47. The van der Waals surface area contributed by atoms with E-state index < -0.39 is 12.1 Å². The Morgan fingerprint density at radius 1 is 1.33 bits per heavy atom. The molecule has 9 nitrogen and oxygen atoms in total. The second-order valence-electron chi connectivity index (χ2n) is 6.52. The van der Waals surface area contributed by atoms with Crippen molar-refractivity contribution in [2.24, 2.45) is 5.92 Å². The van der Waals surface area contributed by atoms with Crippen LogP contribution in [0, 0.1) is 5.92 Å². The van der Waals surface area contributed by atoms with E-state index in [9.17, 15) is 14.4 Å². The highest BCUT2D eigenvalue weighted by atomic mass is 16.5. The Bertz CT molecular complexity index is 766. The molecule has 3 rings (SSSR count). The van der Waals surface area contributed by atoms with E-state index in [-0.39, 0.29) is 17.8 Å². The van der Waals surface area contributed by atoms with Crippen molar-refractivity contribution in [2.75, 3.05) is 39.7 Å². The number of methoxy groups -OCH3 is 1. The van der Waals surface area contributed by atoms with Crippen LogP contribution in [0.15, 0.2) is 36.3 Å². The van der Waals surface area contributed by atoms with E-state index in [0.717, 1.165) is 4.90 Å². The Hall–Kier alpha value is -2.94. The van der Waals surface area contributed by atoms with Crippen LogP contribution in [-0.4, -0.2) is 78.1 Å². The molecule has 0 spiro atoms. The SMILES string of the molecule is COCCCN1C(C(=O)Nc2cccnc2)=CC2C(=O)N(C)C(=O)N(C)C21. The molecule has 2 aliphatic heterocycles. The maximum atomic E-state index is 12.9. The summed E-state index contributed by atoms with van der Waals surface area (Å²) in [4.78, 5) is 46.2. The molecule has 1 fully saturated rings.